The van der Waals surface area contributed by atoms with Crippen LogP contribution in [-0.4, -0.2) is 60.4 Å². The number of aromatic nitrogens is 3. The molecule has 0 radical (unpaired) electrons. The Morgan fingerprint density at radius 2 is 2.00 bits per heavy atom. The number of esters is 1. The number of carbonyl (C=O) groups is 1. The van der Waals surface area contributed by atoms with Gasteiger partial charge in [-0.25, -0.2) is 0 Å². The van der Waals surface area contributed by atoms with E-state index in [0.717, 1.165) is 0 Å². The van der Waals surface area contributed by atoms with Gasteiger partial charge < -0.3 is 19.7 Å². The number of hydrogen-bond donors (Lipinski definition) is 1. The van der Waals surface area contributed by atoms with Crippen molar-refractivity contribution in [1.29, 1.82) is 0 Å². The van der Waals surface area contributed by atoms with Crippen molar-refractivity contribution in [3.05, 3.63) is 5.82 Å². The van der Waals surface area contributed by atoms with Crippen LogP contribution in [0.15, 0.2) is 0 Å². The lowest BCUT2D eigenvalue weighted by molar-refractivity contribution is -0.140. The molecule has 128 valence electrons. The van der Waals surface area contributed by atoms with E-state index in [1.54, 1.807) is 0 Å². The highest BCUT2D eigenvalue weighted by Crippen LogP contribution is 2.36. The van der Waals surface area contributed by atoms with Crippen molar-refractivity contribution in [2.75, 3.05) is 49.7 Å². The van der Waals surface area contributed by atoms with E-state index < -0.39 is 3.79 Å². The first kappa shape index (κ1) is 18.3. The van der Waals surface area contributed by atoms with Gasteiger partial charge in [-0.3, -0.25) is 4.79 Å². The Labute approximate surface area is 148 Å². The maximum atomic E-state index is 10.7. The summed E-state index contributed by atoms with van der Waals surface area (Å²) in [4.78, 5) is 25.3. The molecular weight excluding hydrogens is 369 g/mol. The van der Waals surface area contributed by atoms with Crippen molar-refractivity contribution < 1.29 is 14.3 Å². The van der Waals surface area contributed by atoms with E-state index in [0.29, 0.717) is 38.8 Å². The Morgan fingerprint density at radius 1 is 1.30 bits per heavy atom. The van der Waals surface area contributed by atoms with E-state index in [4.69, 9.17) is 44.3 Å². The number of anilines is 2. The van der Waals surface area contributed by atoms with Crippen LogP contribution >= 0.6 is 34.8 Å². The summed E-state index contributed by atoms with van der Waals surface area (Å²) >= 11 is 17.6. The van der Waals surface area contributed by atoms with E-state index in [2.05, 4.69) is 20.3 Å². The predicted molar refractivity (Wildman–Crippen MR) is 87.2 cm³/mol. The normalized spacial score (nSPS) is 15.4. The first-order valence-electron chi connectivity index (χ1n) is 6.89. The highest BCUT2D eigenvalue weighted by atomic mass is 35.6. The van der Waals surface area contributed by atoms with Crippen LogP contribution in [0, 0.1) is 0 Å². The van der Waals surface area contributed by atoms with Crippen LogP contribution in [-0.2, 0) is 18.1 Å². The highest BCUT2D eigenvalue weighted by molar-refractivity contribution is 6.66. The summed E-state index contributed by atoms with van der Waals surface area (Å²) in [5, 5.41) is 2.92. The molecule has 11 heteroatoms. The van der Waals surface area contributed by atoms with Gasteiger partial charge in [0, 0.05) is 20.0 Å². The Bertz CT molecular complexity index is 549. The Kier molecular flexibility index (Phi) is 6.46. The van der Waals surface area contributed by atoms with Crippen molar-refractivity contribution in [2.45, 2.75) is 10.7 Å². The van der Waals surface area contributed by atoms with E-state index in [1.165, 1.54) is 6.92 Å². The number of ether oxygens (including phenoxy) is 2. The molecule has 1 saturated heterocycles. The summed E-state index contributed by atoms with van der Waals surface area (Å²) in [5.41, 5.74) is 0. The minimum absolute atomic E-state index is 0.0222. The van der Waals surface area contributed by atoms with Crippen molar-refractivity contribution in [3.8, 4) is 0 Å². The first-order chi connectivity index (χ1) is 10.9. The molecule has 1 aliphatic heterocycles. The lowest BCUT2D eigenvalue weighted by Gasteiger charge is -2.27. The molecule has 2 heterocycles. The second kappa shape index (κ2) is 8.14. The molecule has 0 saturated carbocycles. The molecule has 0 atom stereocenters. The molecule has 2 rings (SSSR count). The van der Waals surface area contributed by atoms with Crippen LogP contribution in [0.25, 0.3) is 0 Å². The highest BCUT2D eigenvalue weighted by Gasteiger charge is 2.29. The molecule has 0 amide bonds. The third kappa shape index (κ3) is 5.80. The fraction of sp³-hybridized carbons (Fsp3) is 0.667. The Hall–Kier alpha value is -1.09. The summed E-state index contributed by atoms with van der Waals surface area (Å²) in [6.07, 6.45) is 0. The van der Waals surface area contributed by atoms with Gasteiger partial charge in [0.25, 0.3) is 0 Å². The number of morpholine rings is 1. The average molecular weight is 385 g/mol. The maximum Gasteiger partial charge on any atom is 0.302 e. The summed E-state index contributed by atoms with van der Waals surface area (Å²) < 4.78 is 8.36. The zero-order valence-electron chi connectivity index (χ0n) is 12.4. The number of nitrogens with one attached hydrogen (secondary N) is 1. The summed E-state index contributed by atoms with van der Waals surface area (Å²) in [7, 11) is 0. The lowest BCUT2D eigenvalue weighted by Crippen LogP contribution is -2.38. The lowest BCUT2D eigenvalue weighted by atomic mass is 10.4. The van der Waals surface area contributed by atoms with Gasteiger partial charge in [0.1, 0.15) is 6.61 Å². The number of rotatable bonds is 5. The van der Waals surface area contributed by atoms with Crippen LogP contribution in [0.5, 0.6) is 0 Å². The molecule has 0 unspecified atom stereocenters. The van der Waals surface area contributed by atoms with Gasteiger partial charge in [-0.1, -0.05) is 34.8 Å². The number of halogens is 3. The molecular formula is C12H16Cl3N5O3. The number of carbonyl (C=O) groups excluding carboxylic acids is 1. The second-order valence-electron chi connectivity index (χ2n) is 4.65. The monoisotopic (exact) mass is 383 g/mol. The van der Waals surface area contributed by atoms with Crippen LogP contribution in [0.4, 0.5) is 11.9 Å². The number of hydrogen-bond acceptors (Lipinski definition) is 8. The quantitative estimate of drug-likeness (QED) is 0.464. The maximum absolute atomic E-state index is 10.7. The molecule has 8 nitrogen and oxygen atoms in total. The Morgan fingerprint density at radius 3 is 2.61 bits per heavy atom. The molecule has 0 aliphatic carbocycles. The zero-order valence-corrected chi connectivity index (χ0v) is 14.7. The molecule has 1 N–H and O–H groups in total. The fourth-order valence-electron chi connectivity index (χ4n) is 1.83. The van der Waals surface area contributed by atoms with Crippen molar-refractivity contribution in [2.24, 2.45) is 0 Å². The molecule has 1 aromatic heterocycles. The molecule has 1 aromatic rings. The van der Waals surface area contributed by atoms with Gasteiger partial charge in [-0.2, -0.15) is 15.0 Å². The zero-order chi connectivity index (χ0) is 16.9. The van der Waals surface area contributed by atoms with Gasteiger partial charge in [0.05, 0.1) is 19.8 Å². The Balaban J connectivity index is 2.14. The molecule has 0 aromatic carbocycles. The van der Waals surface area contributed by atoms with Crippen molar-refractivity contribution in [3.63, 3.8) is 0 Å². The van der Waals surface area contributed by atoms with E-state index in [-0.39, 0.29) is 24.3 Å². The van der Waals surface area contributed by atoms with E-state index >= 15 is 0 Å². The van der Waals surface area contributed by atoms with Gasteiger partial charge in [0.2, 0.25) is 15.7 Å². The summed E-state index contributed by atoms with van der Waals surface area (Å²) in [6.45, 7) is 4.25. The largest absolute Gasteiger partial charge is 0.464 e. The molecule has 23 heavy (non-hydrogen) atoms. The van der Waals surface area contributed by atoms with E-state index in [9.17, 15) is 4.79 Å². The minimum atomic E-state index is -1.77. The predicted octanol–water partition coefficient (Wildman–Crippen LogP) is 1.51. The minimum Gasteiger partial charge on any atom is -0.464 e. The third-order valence-corrected chi connectivity index (χ3v) is 3.37. The van der Waals surface area contributed by atoms with Crippen molar-refractivity contribution in [1.82, 2.24) is 15.0 Å². The van der Waals surface area contributed by atoms with Crippen LogP contribution in [0.2, 0.25) is 0 Å². The van der Waals surface area contributed by atoms with Crippen LogP contribution in [0.3, 0.4) is 0 Å². The van der Waals surface area contributed by atoms with Gasteiger partial charge in [0.15, 0.2) is 5.82 Å². The average Bonchev–Trinajstić information content (AvgIpc) is 2.51. The van der Waals surface area contributed by atoms with Gasteiger partial charge in [-0.15, -0.1) is 0 Å². The van der Waals surface area contributed by atoms with E-state index in [1.807, 2.05) is 4.90 Å². The molecule has 1 fully saturated rings. The van der Waals surface area contributed by atoms with Gasteiger partial charge >= 0.3 is 5.97 Å². The summed E-state index contributed by atoms with van der Waals surface area (Å²) in [5.74, 6) is 0.307. The topological polar surface area (TPSA) is 89.5 Å². The second-order valence-corrected chi connectivity index (χ2v) is 6.93. The SMILES string of the molecule is CC(=O)OCCNc1nc(N2CCOCC2)nc(C(Cl)(Cl)Cl)n1. The van der Waals surface area contributed by atoms with Gasteiger partial charge in [-0.05, 0) is 0 Å². The number of nitrogens with zero attached hydrogens (tertiary/aromatic N) is 4. The fourth-order valence-corrected chi connectivity index (χ4v) is 2.09. The number of alkyl halides is 3. The first-order valence-corrected chi connectivity index (χ1v) is 8.03. The molecule has 0 bridgehead atoms. The third-order valence-electron chi connectivity index (χ3n) is 2.86. The smallest absolute Gasteiger partial charge is 0.302 e. The molecule has 1 aliphatic rings. The molecule has 0 spiro atoms. The van der Waals surface area contributed by atoms with Crippen LogP contribution < -0.4 is 10.2 Å². The standard InChI is InChI=1S/C12H16Cl3N5O3/c1-8(21)23-5-2-16-10-17-9(12(13,14)15)18-11(19-10)20-3-6-22-7-4-20/h2-7H2,1H3,(H,16,17,18,19). The summed E-state index contributed by atoms with van der Waals surface area (Å²) in [6, 6.07) is 0. The van der Waals surface area contributed by atoms with Crippen molar-refractivity contribution >= 4 is 52.7 Å². The van der Waals surface area contributed by atoms with Crippen LogP contribution in [0.1, 0.15) is 12.7 Å².